The van der Waals surface area contributed by atoms with E-state index in [4.69, 9.17) is 0 Å². The van der Waals surface area contributed by atoms with Crippen LogP contribution >= 0.6 is 11.9 Å². The lowest BCUT2D eigenvalue weighted by molar-refractivity contribution is 0.561. The molecule has 0 amide bonds. The summed E-state index contributed by atoms with van der Waals surface area (Å²) in [5.41, 5.74) is 0. The molecule has 0 bridgehead atoms. The Balaban J connectivity index is 1.82. The lowest BCUT2D eigenvalue weighted by atomic mass is 10.3. The van der Waals surface area contributed by atoms with Crippen LogP contribution < -0.4 is 5.32 Å². The summed E-state index contributed by atoms with van der Waals surface area (Å²) in [5, 5.41) is 25.6. The van der Waals surface area contributed by atoms with Crippen LogP contribution in [0.3, 0.4) is 0 Å². The van der Waals surface area contributed by atoms with E-state index in [1.807, 2.05) is 0 Å². The quantitative estimate of drug-likeness (QED) is 0.749. The Morgan fingerprint density at radius 3 is 3.00 bits per heavy atom. The van der Waals surface area contributed by atoms with Crippen LogP contribution in [0.25, 0.3) is 0 Å². The molecule has 1 atom stereocenters. The molecule has 2 aromatic heterocycles. The van der Waals surface area contributed by atoms with Crippen molar-refractivity contribution < 1.29 is 0 Å². The molecule has 2 aromatic rings. The van der Waals surface area contributed by atoms with Crippen molar-refractivity contribution in [1.82, 2.24) is 39.8 Å². The van der Waals surface area contributed by atoms with Gasteiger partial charge in [-0.2, -0.15) is 4.09 Å². The molecule has 17 heavy (non-hydrogen) atoms. The second kappa shape index (κ2) is 5.57. The van der Waals surface area contributed by atoms with Crippen LogP contribution in [0, 0.1) is 0 Å². The summed E-state index contributed by atoms with van der Waals surface area (Å²) in [6.45, 7) is 2.86. The molecule has 9 nitrogen and oxygen atoms in total. The van der Waals surface area contributed by atoms with Crippen molar-refractivity contribution in [3.05, 3.63) is 6.33 Å². The highest BCUT2D eigenvalue weighted by Gasteiger charge is 2.08. The van der Waals surface area contributed by atoms with Crippen LogP contribution in [0.1, 0.15) is 13.3 Å². The van der Waals surface area contributed by atoms with E-state index in [1.165, 1.54) is 0 Å². The summed E-state index contributed by atoms with van der Waals surface area (Å²) in [6.07, 6.45) is 2.50. The topological polar surface area (TPSA) is 99.2 Å². The second-order valence-electron chi connectivity index (χ2n) is 3.39. The van der Waals surface area contributed by atoms with E-state index in [0.29, 0.717) is 11.2 Å². The van der Waals surface area contributed by atoms with E-state index < -0.39 is 0 Å². The maximum absolute atomic E-state index is 3.89. The van der Waals surface area contributed by atoms with Crippen molar-refractivity contribution in [2.24, 2.45) is 0 Å². The third kappa shape index (κ3) is 3.12. The third-order valence-electron chi connectivity index (χ3n) is 2.12. The predicted octanol–water partition coefficient (Wildman–Crippen LogP) is -0.324. The largest absolute Gasteiger partial charge is 0.356 e. The van der Waals surface area contributed by atoms with Gasteiger partial charge in [-0.1, -0.05) is 12.0 Å². The minimum Gasteiger partial charge on any atom is -0.356 e. The van der Waals surface area contributed by atoms with Crippen molar-refractivity contribution in [2.75, 3.05) is 12.4 Å². The SMILES string of the molecule is CNc1nnnn1CCC(C)Sn1cnnn1. The lowest BCUT2D eigenvalue weighted by Gasteiger charge is -2.09. The first-order chi connectivity index (χ1) is 8.29. The molecule has 0 aliphatic rings. The highest BCUT2D eigenvalue weighted by atomic mass is 32.2. The minimum absolute atomic E-state index is 0.368. The molecule has 2 heterocycles. The Kier molecular flexibility index (Phi) is 3.85. The van der Waals surface area contributed by atoms with Gasteiger partial charge < -0.3 is 5.32 Å². The van der Waals surface area contributed by atoms with Crippen LogP contribution in [-0.2, 0) is 6.54 Å². The molecule has 0 aliphatic heterocycles. The highest BCUT2D eigenvalue weighted by Crippen LogP contribution is 2.15. The maximum Gasteiger partial charge on any atom is 0.242 e. The van der Waals surface area contributed by atoms with Gasteiger partial charge in [-0.3, -0.25) is 0 Å². The summed E-state index contributed by atoms with van der Waals surface area (Å²) in [4.78, 5) is 0. The maximum atomic E-state index is 3.89. The van der Waals surface area contributed by atoms with Gasteiger partial charge >= 0.3 is 0 Å². The van der Waals surface area contributed by atoms with Crippen LogP contribution in [0.4, 0.5) is 5.95 Å². The molecule has 1 unspecified atom stereocenters. The number of aryl methyl sites for hydroxylation is 1. The molecule has 1 N–H and O–H groups in total. The van der Waals surface area contributed by atoms with Crippen molar-refractivity contribution in [2.45, 2.75) is 25.1 Å². The molecule has 2 rings (SSSR count). The van der Waals surface area contributed by atoms with Crippen molar-refractivity contribution >= 4 is 17.9 Å². The fourth-order valence-electron chi connectivity index (χ4n) is 1.28. The smallest absolute Gasteiger partial charge is 0.242 e. The van der Waals surface area contributed by atoms with E-state index in [-0.39, 0.29) is 0 Å². The number of rotatable bonds is 6. The Labute approximate surface area is 102 Å². The first kappa shape index (κ1) is 11.8. The number of nitrogens with one attached hydrogen (secondary N) is 1. The summed E-state index contributed by atoms with van der Waals surface area (Å²) >= 11 is 1.56. The minimum atomic E-state index is 0.368. The van der Waals surface area contributed by atoms with E-state index >= 15 is 0 Å². The van der Waals surface area contributed by atoms with Gasteiger partial charge in [0.25, 0.3) is 0 Å². The van der Waals surface area contributed by atoms with Crippen molar-refractivity contribution in [1.29, 1.82) is 0 Å². The van der Waals surface area contributed by atoms with Gasteiger partial charge in [-0.15, -0.1) is 5.10 Å². The first-order valence-electron chi connectivity index (χ1n) is 5.13. The highest BCUT2D eigenvalue weighted by molar-refractivity contribution is 7.98. The fourth-order valence-corrected chi connectivity index (χ4v) is 2.03. The molecular formula is C7H13N9S. The number of anilines is 1. The lowest BCUT2D eigenvalue weighted by Crippen LogP contribution is -2.11. The predicted molar refractivity (Wildman–Crippen MR) is 62.2 cm³/mol. The van der Waals surface area contributed by atoms with Crippen LogP contribution in [0.5, 0.6) is 0 Å². The summed E-state index contributed by atoms with van der Waals surface area (Å²) in [5.74, 6) is 0.671. The average molecular weight is 255 g/mol. The zero-order chi connectivity index (χ0) is 12.1. The molecule has 0 saturated carbocycles. The molecule has 0 aromatic carbocycles. The summed E-state index contributed by atoms with van der Waals surface area (Å²) < 4.78 is 3.37. The molecule has 0 radical (unpaired) electrons. The van der Waals surface area contributed by atoms with Crippen molar-refractivity contribution in [3.63, 3.8) is 0 Å². The van der Waals surface area contributed by atoms with Crippen LogP contribution in [0.2, 0.25) is 0 Å². The Morgan fingerprint density at radius 2 is 2.29 bits per heavy atom. The number of aromatic nitrogens is 8. The number of hydrogen-bond acceptors (Lipinski definition) is 8. The number of tetrazole rings is 2. The standard InChI is InChI=1S/C7H13N9S/c1-6(17-16-5-9-11-14-16)3-4-15-7(8-2)10-12-13-15/h5-6H,3-4H2,1-2H3,(H,8,10,13). The van der Waals surface area contributed by atoms with Gasteiger partial charge in [-0.05, 0) is 39.2 Å². The molecule has 0 aliphatic carbocycles. The van der Waals surface area contributed by atoms with Gasteiger partial charge in [0.1, 0.15) is 0 Å². The van der Waals surface area contributed by atoms with Gasteiger partial charge in [0, 0.05) is 18.8 Å². The molecule has 0 spiro atoms. The molecule has 10 heteroatoms. The monoisotopic (exact) mass is 255 g/mol. The number of nitrogens with zero attached hydrogens (tertiary/aromatic N) is 8. The van der Waals surface area contributed by atoms with Crippen LogP contribution in [0.15, 0.2) is 6.33 Å². The van der Waals surface area contributed by atoms with Crippen LogP contribution in [-0.4, -0.2) is 52.1 Å². The zero-order valence-electron chi connectivity index (χ0n) is 9.55. The van der Waals surface area contributed by atoms with Gasteiger partial charge in [0.2, 0.25) is 5.95 Å². The fraction of sp³-hybridized carbons (Fsp3) is 0.714. The van der Waals surface area contributed by atoms with Gasteiger partial charge in [0.05, 0.1) is 0 Å². The Bertz CT molecular complexity index is 438. The molecule has 0 fully saturated rings. The molecule has 0 saturated heterocycles. The molecular weight excluding hydrogens is 242 g/mol. The first-order valence-corrected chi connectivity index (χ1v) is 5.97. The second-order valence-corrected chi connectivity index (χ2v) is 4.78. The van der Waals surface area contributed by atoms with E-state index in [0.717, 1.165) is 13.0 Å². The van der Waals surface area contributed by atoms with Gasteiger partial charge in [-0.25, -0.2) is 4.68 Å². The summed E-state index contributed by atoms with van der Waals surface area (Å²) in [6, 6.07) is 0. The number of hydrogen-bond donors (Lipinski definition) is 1. The van der Waals surface area contributed by atoms with E-state index in [9.17, 15) is 0 Å². The summed E-state index contributed by atoms with van der Waals surface area (Å²) in [7, 11) is 1.79. The van der Waals surface area contributed by atoms with E-state index in [1.54, 1.807) is 34.1 Å². The third-order valence-corrected chi connectivity index (χ3v) is 3.10. The van der Waals surface area contributed by atoms with Gasteiger partial charge in [0.15, 0.2) is 6.33 Å². The van der Waals surface area contributed by atoms with Crippen molar-refractivity contribution in [3.8, 4) is 0 Å². The van der Waals surface area contributed by atoms with E-state index in [2.05, 4.69) is 43.3 Å². The Morgan fingerprint density at radius 1 is 1.41 bits per heavy atom. The normalized spacial score (nSPS) is 12.6. The molecule has 92 valence electrons. The average Bonchev–Trinajstić information content (AvgIpc) is 2.96. The zero-order valence-corrected chi connectivity index (χ0v) is 10.4. The Hall–Kier alpha value is -1.71.